The Balaban J connectivity index is 2.28. The lowest BCUT2D eigenvalue weighted by Crippen LogP contribution is -2.43. The minimum Gasteiger partial charge on any atom is -0.355 e. The number of carbonyl (C=O) groups is 3. The Labute approximate surface area is 140 Å². The van der Waals surface area contributed by atoms with Crippen molar-refractivity contribution in [3.05, 3.63) is 23.8 Å². The number of hydrogen-bond donors (Lipinski definition) is 1. The predicted molar refractivity (Wildman–Crippen MR) is 90.8 cm³/mol. The molecule has 0 radical (unpaired) electrons. The summed E-state index contributed by atoms with van der Waals surface area (Å²) in [7, 11) is 3.36. The summed E-state index contributed by atoms with van der Waals surface area (Å²) in [6, 6.07) is 5.27. The number of nitrogens with zero attached hydrogens (tertiary/aromatic N) is 2. The summed E-state index contributed by atoms with van der Waals surface area (Å²) >= 11 is 1.43. The van der Waals surface area contributed by atoms with Gasteiger partial charge in [-0.15, -0.1) is 11.8 Å². The maximum atomic E-state index is 12.2. The minimum atomic E-state index is -0.192. The van der Waals surface area contributed by atoms with Crippen LogP contribution in [0.3, 0.4) is 0 Å². The molecule has 0 aliphatic carbocycles. The second-order valence-electron chi connectivity index (χ2n) is 5.50. The molecule has 7 heteroatoms. The van der Waals surface area contributed by atoms with Gasteiger partial charge in [0.25, 0.3) is 5.91 Å². The molecule has 1 aromatic rings. The zero-order valence-corrected chi connectivity index (χ0v) is 14.4. The van der Waals surface area contributed by atoms with Crippen LogP contribution < -0.4 is 10.2 Å². The van der Waals surface area contributed by atoms with E-state index in [0.717, 1.165) is 11.3 Å². The van der Waals surface area contributed by atoms with Crippen molar-refractivity contribution in [3.8, 4) is 0 Å². The van der Waals surface area contributed by atoms with Gasteiger partial charge in [-0.1, -0.05) is 6.92 Å². The first-order chi connectivity index (χ1) is 10.9. The van der Waals surface area contributed by atoms with E-state index in [1.165, 1.54) is 21.6 Å². The number of hydrogen-bond acceptors (Lipinski definition) is 4. The number of nitrogens with one attached hydrogen (secondary N) is 1. The van der Waals surface area contributed by atoms with Crippen molar-refractivity contribution in [3.63, 3.8) is 0 Å². The van der Waals surface area contributed by atoms with Gasteiger partial charge in [0.05, 0.1) is 11.4 Å². The fraction of sp³-hybridized carbons (Fsp3) is 0.438. The minimum absolute atomic E-state index is 0.0218. The Bertz CT molecular complexity index is 631. The summed E-state index contributed by atoms with van der Waals surface area (Å²) in [4.78, 5) is 40.1. The molecule has 0 fully saturated rings. The van der Waals surface area contributed by atoms with Gasteiger partial charge in [0.1, 0.15) is 6.54 Å². The summed E-state index contributed by atoms with van der Waals surface area (Å²) in [6.45, 7) is 2.53. The molecule has 0 atom stereocenters. The molecule has 0 spiro atoms. The molecule has 0 saturated heterocycles. The van der Waals surface area contributed by atoms with Crippen LogP contribution in [0.2, 0.25) is 0 Å². The fourth-order valence-electron chi connectivity index (χ4n) is 2.23. The number of anilines is 1. The van der Waals surface area contributed by atoms with Gasteiger partial charge in [-0.2, -0.15) is 0 Å². The van der Waals surface area contributed by atoms with Gasteiger partial charge >= 0.3 is 0 Å². The molecule has 0 unspecified atom stereocenters. The van der Waals surface area contributed by atoms with E-state index in [9.17, 15) is 14.4 Å². The molecule has 0 bridgehead atoms. The number of benzene rings is 1. The zero-order valence-electron chi connectivity index (χ0n) is 13.6. The van der Waals surface area contributed by atoms with Crippen molar-refractivity contribution in [1.29, 1.82) is 0 Å². The van der Waals surface area contributed by atoms with E-state index in [1.54, 1.807) is 26.2 Å². The number of amides is 3. The summed E-state index contributed by atoms with van der Waals surface area (Å²) < 4.78 is 0. The molecule has 3 amide bonds. The lowest BCUT2D eigenvalue weighted by molar-refractivity contribution is -0.122. The zero-order chi connectivity index (χ0) is 17.0. The van der Waals surface area contributed by atoms with Gasteiger partial charge in [0.2, 0.25) is 11.8 Å². The number of carbonyl (C=O) groups excluding carboxylic acids is 3. The smallest absolute Gasteiger partial charge is 0.253 e. The van der Waals surface area contributed by atoms with Crippen LogP contribution in [-0.4, -0.2) is 55.6 Å². The van der Waals surface area contributed by atoms with Crippen LogP contribution in [0.25, 0.3) is 0 Å². The first-order valence-electron chi connectivity index (χ1n) is 7.49. The van der Waals surface area contributed by atoms with Crippen LogP contribution in [0.5, 0.6) is 0 Å². The highest BCUT2D eigenvalue weighted by molar-refractivity contribution is 8.00. The lowest BCUT2D eigenvalue weighted by Gasteiger charge is -2.29. The van der Waals surface area contributed by atoms with Crippen LogP contribution in [0.4, 0.5) is 5.69 Å². The van der Waals surface area contributed by atoms with E-state index >= 15 is 0 Å². The Morgan fingerprint density at radius 3 is 2.74 bits per heavy atom. The number of rotatable bonds is 5. The summed E-state index contributed by atoms with van der Waals surface area (Å²) in [6.07, 6.45) is 0.841. The topological polar surface area (TPSA) is 69.7 Å². The van der Waals surface area contributed by atoms with E-state index in [1.807, 2.05) is 13.0 Å². The van der Waals surface area contributed by atoms with Crippen LogP contribution in [0.15, 0.2) is 23.1 Å². The number of fused-ring (bicyclic) bond motifs is 1. The predicted octanol–water partition coefficient (Wildman–Crippen LogP) is 1.35. The SMILES string of the molecule is CCCNC(=O)CN1C(=O)CSc2ccc(C(=O)N(C)C)cc21. The van der Waals surface area contributed by atoms with Crippen molar-refractivity contribution >= 4 is 35.2 Å². The Kier molecular flexibility index (Phi) is 5.65. The fourth-order valence-corrected chi connectivity index (χ4v) is 3.15. The lowest BCUT2D eigenvalue weighted by atomic mass is 10.1. The van der Waals surface area contributed by atoms with Crippen molar-refractivity contribution in [2.24, 2.45) is 0 Å². The average molecular weight is 335 g/mol. The third-order valence-electron chi connectivity index (χ3n) is 3.43. The first kappa shape index (κ1) is 17.3. The summed E-state index contributed by atoms with van der Waals surface area (Å²) in [5.74, 6) is -0.146. The molecular formula is C16H21N3O3S. The maximum absolute atomic E-state index is 12.2. The van der Waals surface area contributed by atoms with Crippen molar-refractivity contribution in [2.45, 2.75) is 18.2 Å². The summed E-state index contributed by atoms with van der Waals surface area (Å²) in [5.41, 5.74) is 1.13. The standard InChI is InChI=1S/C16H21N3O3S/c1-4-7-17-14(20)9-19-12-8-11(16(22)18(2)3)5-6-13(12)23-10-15(19)21/h5-6,8H,4,7,9-10H2,1-3H3,(H,17,20). The van der Waals surface area contributed by atoms with Gasteiger partial charge < -0.3 is 15.1 Å². The molecular weight excluding hydrogens is 314 g/mol. The van der Waals surface area contributed by atoms with Gasteiger partial charge in [-0.3, -0.25) is 14.4 Å². The third kappa shape index (κ3) is 4.04. The number of thioether (sulfide) groups is 1. The highest BCUT2D eigenvalue weighted by atomic mass is 32.2. The molecule has 1 heterocycles. The maximum Gasteiger partial charge on any atom is 0.253 e. The monoisotopic (exact) mass is 335 g/mol. The first-order valence-corrected chi connectivity index (χ1v) is 8.48. The third-order valence-corrected chi connectivity index (χ3v) is 4.48. The second kappa shape index (κ2) is 7.50. The molecule has 23 heavy (non-hydrogen) atoms. The highest BCUT2D eigenvalue weighted by Crippen LogP contribution is 2.36. The van der Waals surface area contributed by atoms with Gasteiger partial charge in [-0.05, 0) is 24.6 Å². The van der Waals surface area contributed by atoms with Crippen molar-refractivity contribution < 1.29 is 14.4 Å². The summed E-state index contributed by atoms with van der Waals surface area (Å²) in [5, 5.41) is 2.77. The van der Waals surface area contributed by atoms with Crippen LogP contribution in [0.1, 0.15) is 23.7 Å². The van der Waals surface area contributed by atoms with E-state index in [-0.39, 0.29) is 24.3 Å². The van der Waals surface area contributed by atoms with Gasteiger partial charge in [-0.25, -0.2) is 0 Å². The quantitative estimate of drug-likeness (QED) is 0.882. The molecule has 124 valence electrons. The van der Waals surface area contributed by atoms with E-state index in [4.69, 9.17) is 0 Å². The Morgan fingerprint density at radius 1 is 1.35 bits per heavy atom. The molecule has 2 rings (SSSR count). The second-order valence-corrected chi connectivity index (χ2v) is 6.52. The molecule has 1 aromatic carbocycles. The van der Waals surface area contributed by atoms with Crippen molar-refractivity contribution in [2.75, 3.05) is 37.8 Å². The molecule has 1 aliphatic heterocycles. The van der Waals surface area contributed by atoms with Gasteiger partial charge in [0.15, 0.2) is 0 Å². The molecule has 1 aliphatic rings. The van der Waals surface area contributed by atoms with Crippen LogP contribution in [-0.2, 0) is 9.59 Å². The molecule has 0 aromatic heterocycles. The van der Waals surface area contributed by atoms with Crippen molar-refractivity contribution in [1.82, 2.24) is 10.2 Å². The van der Waals surface area contributed by atoms with Gasteiger partial charge in [0, 0.05) is 31.1 Å². The van der Waals surface area contributed by atoms with E-state index in [0.29, 0.717) is 23.5 Å². The van der Waals surface area contributed by atoms with E-state index in [2.05, 4.69) is 5.32 Å². The molecule has 6 nitrogen and oxygen atoms in total. The Hall–Kier alpha value is -2.02. The van der Waals surface area contributed by atoms with E-state index < -0.39 is 0 Å². The molecule has 0 saturated carbocycles. The normalized spacial score (nSPS) is 13.5. The Morgan fingerprint density at radius 2 is 2.09 bits per heavy atom. The van der Waals surface area contributed by atoms with Crippen LogP contribution >= 0.6 is 11.8 Å². The van der Waals surface area contributed by atoms with Crippen LogP contribution in [0, 0.1) is 0 Å². The highest BCUT2D eigenvalue weighted by Gasteiger charge is 2.27. The average Bonchev–Trinajstić information content (AvgIpc) is 2.54. The molecule has 1 N–H and O–H groups in total. The largest absolute Gasteiger partial charge is 0.355 e.